The summed E-state index contributed by atoms with van der Waals surface area (Å²) in [6, 6.07) is 10.4. The van der Waals surface area contributed by atoms with Gasteiger partial charge in [-0.15, -0.1) is 0 Å². The van der Waals surface area contributed by atoms with Gasteiger partial charge < -0.3 is 15.2 Å². The Hall–Kier alpha value is -2.63. The van der Waals surface area contributed by atoms with Gasteiger partial charge in [-0.25, -0.2) is 4.98 Å². The molecule has 0 aromatic carbocycles. The highest BCUT2D eigenvalue weighted by Gasteiger charge is 2.22. The lowest BCUT2D eigenvalue weighted by Gasteiger charge is -2.33. The zero-order valence-corrected chi connectivity index (χ0v) is 12.2. The van der Waals surface area contributed by atoms with Crippen LogP contribution >= 0.6 is 0 Å². The molecular weight excluding hydrogens is 280 g/mol. The Bertz CT molecular complexity index is 699. The first kappa shape index (κ1) is 14.3. The van der Waals surface area contributed by atoms with E-state index in [0.29, 0.717) is 5.69 Å². The van der Waals surface area contributed by atoms with Crippen LogP contribution in [0.4, 0.5) is 5.82 Å². The van der Waals surface area contributed by atoms with Crippen molar-refractivity contribution in [1.29, 1.82) is 0 Å². The van der Waals surface area contributed by atoms with Crippen molar-refractivity contribution in [3.8, 4) is 0 Å². The van der Waals surface area contributed by atoms with E-state index in [4.69, 9.17) is 0 Å². The predicted octanol–water partition coefficient (Wildman–Crippen LogP) is 1.17. The van der Waals surface area contributed by atoms with Crippen molar-refractivity contribution in [2.75, 3.05) is 18.0 Å². The number of carbonyl (C=O) groups is 1. The fourth-order valence-corrected chi connectivity index (χ4v) is 2.69. The number of hydrogen-bond donors (Lipinski definition) is 2. The third kappa shape index (κ3) is 3.33. The number of amides is 1. The molecule has 0 unspecified atom stereocenters. The maximum absolute atomic E-state index is 12.2. The number of aromatic amines is 1. The van der Waals surface area contributed by atoms with Crippen LogP contribution in [-0.2, 0) is 0 Å². The topological polar surface area (TPSA) is 78.1 Å². The van der Waals surface area contributed by atoms with Crippen molar-refractivity contribution >= 4 is 11.7 Å². The summed E-state index contributed by atoms with van der Waals surface area (Å²) in [5, 5.41) is 2.98. The molecule has 1 fully saturated rings. The largest absolute Gasteiger partial charge is 0.355 e. The first-order valence-electron chi connectivity index (χ1n) is 7.38. The molecule has 3 heterocycles. The molecule has 3 rings (SSSR count). The van der Waals surface area contributed by atoms with Gasteiger partial charge in [0.25, 0.3) is 5.91 Å². The molecule has 2 N–H and O–H groups in total. The molecule has 22 heavy (non-hydrogen) atoms. The summed E-state index contributed by atoms with van der Waals surface area (Å²) in [6.07, 6.45) is 3.69. The van der Waals surface area contributed by atoms with Gasteiger partial charge >= 0.3 is 0 Å². The maximum Gasteiger partial charge on any atom is 0.268 e. The lowest BCUT2D eigenvalue weighted by Crippen LogP contribution is -2.48. The standard InChI is InChI=1S/C16H18N4O2/c21-15-8-3-6-13(19-15)16(22)18-12-5-4-10-20(11-12)14-7-1-2-9-17-14/h1-3,6-9,12H,4-5,10-11H2,(H,18,22)(H,19,21)/t12-/m0/s1. The lowest BCUT2D eigenvalue weighted by atomic mass is 10.1. The molecule has 6 heteroatoms. The minimum Gasteiger partial charge on any atom is -0.355 e. The molecule has 0 saturated carbocycles. The average molecular weight is 298 g/mol. The average Bonchev–Trinajstić information content (AvgIpc) is 2.56. The lowest BCUT2D eigenvalue weighted by molar-refractivity contribution is 0.0928. The van der Waals surface area contributed by atoms with Gasteiger partial charge in [-0.1, -0.05) is 12.1 Å². The van der Waals surface area contributed by atoms with Crippen LogP contribution in [0, 0.1) is 0 Å². The van der Waals surface area contributed by atoms with E-state index in [9.17, 15) is 9.59 Å². The van der Waals surface area contributed by atoms with E-state index in [0.717, 1.165) is 31.7 Å². The Balaban J connectivity index is 1.65. The second-order valence-electron chi connectivity index (χ2n) is 5.38. The smallest absolute Gasteiger partial charge is 0.268 e. The number of carbonyl (C=O) groups excluding carboxylic acids is 1. The monoisotopic (exact) mass is 298 g/mol. The van der Waals surface area contributed by atoms with Crippen LogP contribution in [0.1, 0.15) is 23.3 Å². The Kier molecular flexibility index (Phi) is 4.18. The third-order valence-electron chi connectivity index (χ3n) is 3.74. The molecule has 6 nitrogen and oxygen atoms in total. The molecule has 1 aliphatic rings. The van der Waals surface area contributed by atoms with E-state index in [1.807, 2.05) is 18.2 Å². The molecular formula is C16H18N4O2. The second-order valence-corrected chi connectivity index (χ2v) is 5.38. The molecule has 0 radical (unpaired) electrons. The Morgan fingerprint density at radius 2 is 2.18 bits per heavy atom. The van der Waals surface area contributed by atoms with Crippen molar-refractivity contribution in [1.82, 2.24) is 15.3 Å². The SMILES string of the molecule is O=C(N[C@H]1CCCN(c2ccccn2)C1)c1cccc(=O)[nH]1. The van der Waals surface area contributed by atoms with Crippen molar-refractivity contribution in [2.24, 2.45) is 0 Å². The molecule has 1 saturated heterocycles. The summed E-state index contributed by atoms with van der Waals surface area (Å²) >= 11 is 0. The predicted molar refractivity (Wildman–Crippen MR) is 84.0 cm³/mol. The van der Waals surface area contributed by atoms with Crippen molar-refractivity contribution in [3.63, 3.8) is 0 Å². The van der Waals surface area contributed by atoms with Crippen LogP contribution in [0.2, 0.25) is 0 Å². The van der Waals surface area contributed by atoms with E-state index in [1.54, 1.807) is 18.3 Å². The van der Waals surface area contributed by atoms with E-state index in [1.165, 1.54) is 6.07 Å². The van der Waals surface area contributed by atoms with Crippen molar-refractivity contribution in [3.05, 3.63) is 58.6 Å². The van der Waals surface area contributed by atoms with Crippen LogP contribution in [0.25, 0.3) is 0 Å². The van der Waals surface area contributed by atoms with Gasteiger partial charge in [0.15, 0.2) is 0 Å². The highest BCUT2D eigenvalue weighted by molar-refractivity contribution is 5.92. The first-order valence-corrected chi connectivity index (χ1v) is 7.38. The summed E-state index contributed by atoms with van der Waals surface area (Å²) in [5.41, 5.74) is 0.0221. The molecule has 0 spiro atoms. The van der Waals surface area contributed by atoms with Gasteiger partial charge in [-0.3, -0.25) is 9.59 Å². The number of hydrogen-bond acceptors (Lipinski definition) is 4. The molecule has 1 atom stereocenters. The number of nitrogens with zero attached hydrogens (tertiary/aromatic N) is 2. The molecule has 114 valence electrons. The zero-order valence-electron chi connectivity index (χ0n) is 12.2. The van der Waals surface area contributed by atoms with Crippen LogP contribution in [0.5, 0.6) is 0 Å². The minimum atomic E-state index is -0.272. The maximum atomic E-state index is 12.2. The van der Waals surface area contributed by atoms with Gasteiger partial charge in [0.1, 0.15) is 11.5 Å². The number of H-pyrrole nitrogens is 1. The number of pyridine rings is 2. The fraction of sp³-hybridized carbons (Fsp3) is 0.312. The Morgan fingerprint density at radius 1 is 1.27 bits per heavy atom. The van der Waals surface area contributed by atoms with Crippen LogP contribution < -0.4 is 15.8 Å². The number of piperidine rings is 1. The van der Waals surface area contributed by atoms with E-state index in [2.05, 4.69) is 20.2 Å². The number of aromatic nitrogens is 2. The fourth-order valence-electron chi connectivity index (χ4n) is 2.69. The summed E-state index contributed by atoms with van der Waals surface area (Å²) in [5.74, 6) is 0.681. The van der Waals surface area contributed by atoms with Crippen LogP contribution in [-0.4, -0.2) is 35.0 Å². The Labute approximate surface area is 128 Å². The van der Waals surface area contributed by atoms with Crippen molar-refractivity contribution < 1.29 is 4.79 Å². The highest BCUT2D eigenvalue weighted by atomic mass is 16.2. The number of anilines is 1. The number of rotatable bonds is 3. The van der Waals surface area contributed by atoms with Crippen LogP contribution in [0.3, 0.4) is 0 Å². The summed E-state index contributed by atoms with van der Waals surface area (Å²) in [4.78, 5) is 32.5. The van der Waals surface area contributed by atoms with Crippen LogP contribution in [0.15, 0.2) is 47.4 Å². The summed E-state index contributed by atoms with van der Waals surface area (Å²) in [7, 11) is 0. The first-order chi connectivity index (χ1) is 10.7. The zero-order chi connectivity index (χ0) is 15.4. The molecule has 0 aliphatic carbocycles. The quantitative estimate of drug-likeness (QED) is 0.891. The molecule has 2 aromatic heterocycles. The van der Waals surface area contributed by atoms with Crippen molar-refractivity contribution in [2.45, 2.75) is 18.9 Å². The van der Waals surface area contributed by atoms with Gasteiger partial charge in [0.05, 0.1) is 0 Å². The second kappa shape index (κ2) is 6.43. The third-order valence-corrected chi connectivity index (χ3v) is 3.74. The van der Waals surface area contributed by atoms with E-state index in [-0.39, 0.29) is 17.5 Å². The van der Waals surface area contributed by atoms with Gasteiger partial charge in [0, 0.05) is 31.4 Å². The Morgan fingerprint density at radius 3 is 2.95 bits per heavy atom. The van der Waals surface area contributed by atoms with E-state index < -0.39 is 0 Å². The highest BCUT2D eigenvalue weighted by Crippen LogP contribution is 2.17. The molecule has 1 aliphatic heterocycles. The molecule has 1 amide bonds. The van der Waals surface area contributed by atoms with Gasteiger partial charge in [-0.2, -0.15) is 0 Å². The summed E-state index contributed by atoms with van der Waals surface area (Å²) in [6.45, 7) is 1.66. The van der Waals surface area contributed by atoms with Gasteiger partial charge in [0.2, 0.25) is 5.56 Å². The molecule has 0 bridgehead atoms. The number of nitrogens with one attached hydrogen (secondary N) is 2. The summed E-state index contributed by atoms with van der Waals surface area (Å²) < 4.78 is 0. The van der Waals surface area contributed by atoms with E-state index >= 15 is 0 Å². The minimum absolute atomic E-state index is 0.0481. The van der Waals surface area contributed by atoms with Gasteiger partial charge in [-0.05, 0) is 31.0 Å². The normalized spacial score (nSPS) is 18.0. The molecule has 2 aromatic rings.